The third-order valence-electron chi connectivity index (χ3n) is 3.84. The maximum absolute atomic E-state index is 11.7. The summed E-state index contributed by atoms with van der Waals surface area (Å²) in [6.07, 6.45) is 1.66. The summed E-state index contributed by atoms with van der Waals surface area (Å²) in [5, 5.41) is 0. The van der Waals surface area contributed by atoms with Gasteiger partial charge in [-0.15, -0.1) is 0 Å². The zero-order valence-electron chi connectivity index (χ0n) is 11.5. The molecule has 1 aliphatic rings. The maximum Gasteiger partial charge on any atom is 0.223 e. The van der Waals surface area contributed by atoms with Crippen molar-refractivity contribution in [1.82, 2.24) is 14.5 Å². The summed E-state index contributed by atoms with van der Waals surface area (Å²) in [6.45, 7) is 3.92. The van der Waals surface area contributed by atoms with Crippen molar-refractivity contribution in [3.05, 3.63) is 30.1 Å². The van der Waals surface area contributed by atoms with Crippen LogP contribution in [-0.4, -0.2) is 34.0 Å². The minimum absolute atomic E-state index is 0.222. The molecule has 1 atom stereocenters. The number of carbonyl (C=O) groups is 1. The van der Waals surface area contributed by atoms with E-state index in [9.17, 15) is 4.79 Å². The van der Waals surface area contributed by atoms with Crippen LogP contribution in [0.5, 0.6) is 0 Å². The third kappa shape index (κ3) is 2.01. The molecule has 0 saturated carbocycles. The first-order chi connectivity index (χ1) is 9.20. The second kappa shape index (κ2) is 4.68. The Hall–Kier alpha value is -1.84. The number of carbonyl (C=O) groups excluding carboxylic acids is 1. The van der Waals surface area contributed by atoms with Gasteiger partial charge in [0.2, 0.25) is 5.91 Å². The smallest absolute Gasteiger partial charge is 0.223 e. The molecule has 4 nitrogen and oxygen atoms in total. The fraction of sp³-hybridized carbons (Fsp3) is 0.467. The van der Waals surface area contributed by atoms with Crippen LogP contribution in [0.4, 0.5) is 0 Å². The van der Waals surface area contributed by atoms with Gasteiger partial charge >= 0.3 is 0 Å². The summed E-state index contributed by atoms with van der Waals surface area (Å²) in [6, 6.07) is 8.22. The Morgan fingerprint density at radius 1 is 1.37 bits per heavy atom. The van der Waals surface area contributed by atoms with Crippen LogP contribution in [0.25, 0.3) is 11.0 Å². The predicted molar refractivity (Wildman–Crippen MR) is 75.0 cm³/mol. The van der Waals surface area contributed by atoms with Crippen molar-refractivity contribution in [3.8, 4) is 0 Å². The Morgan fingerprint density at radius 2 is 2.16 bits per heavy atom. The number of hydrogen-bond acceptors (Lipinski definition) is 2. The first-order valence-electron chi connectivity index (χ1n) is 6.90. The Balaban J connectivity index is 2.07. The lowest BCUT2D eigenvalue weighted by atomic mass is 10.1. The highest BCUT2D eigenvalue weighted by Gasteiger charge is 2.31. The maximum atomic E-state index is 11.7. The van der Waals surface area contributed by atoms with Crippen LogP contribution in [-0.2, 0) is 11.3 Å². The normalized spacial score (nSPS) is 19.6. The van der Waals surface area contributed by atoms with E-state index < -0.39 is 0 Å². The number of aryl methyl sites for hydroxylation is 1. The molecular weight excluding hydrogens is 238 g/mol. The number of aromatic nitrogens is 2. The molecule has 1 saturated heterocycles. The van der Waals surface area contributed by atoms with Crippen LogP contribution >= 0.6 is 0 Å². The van der Waals surface area contributed by atoms with E-state index in [2.05, 4.69) is 17.6 Å². The number of nitrogens with zero attached hydrogens (tertiary/aromatic N) is 3. The number of benzene rings is 1. The second-order valence-electron chi connectivity index (χ2n) is 5.29. The SMILES string of the molecule is CCCn1c([C@H]2CC(=O)N(C)C2)nc2ccccc21. The molecule has 0 aliphatic carbocycles. The molecule has 0 spiro atoms. The van der Waals surface area contributed by atoms with Gasteiger partial charge in [0.1, 0.15) is 5.82 Å². The van der Waals surface area contributed by atoms with Crippen LogP contribution < -0.4 is 0 Å². The lowest BCUT2D eigenvalue weighted by molar-refractivity contribution is -0.126. The first-order valence-corrected chi connectivity index (χ1v) is 6.90. The van der Waals surface area contributed by atoms with Gasteiger partial charge in [-0.3, -0.25) is 4.79 Å². The van der Waals surface area contributed by atoms with Crippen molar-refractivity contribution in [3.63, 3.8) is 0 Å². The highest BCUT2D eigenvalue weighted by Crippen LogP contribution is 2.29. The van der Waals surface area contributed by atoms with E-state index in [0.717, 1.165) is 30.9 Å². The number of rotatable bonds is 3. The number of likely N-dealkylation sites (N-methyl/N-ethyl adjacent to an activating group) is 1. The molecule has 2 aromatic rings. The van der Waals surface area contributed by atoms with Crippen LogP contribution in [0.2, 0.25) is 0 Å². The predicted octanol–water partition coefficient (Wildman–Crippen LogP) is 2.39. The van der Waals surface area contributed by atoms with Gasteiger partial charge in [0.05, 0.1) is 11.0 Å². The zero-order valence-corrected chi connectivity index (χ0v) is 11.5. The van der Waals surface area contributed by atoms with Crippen molar-refractivity contribution in [2.75, 3.05) is 13.6 Å². The minimum Gasteiger partial charge on any atom is -0.345 e. The van der Waals surface area contributed by atoms with Gasteiger partial charge in [0, 0.05) is 32.5 Å². The van der Waals surface area contributed by atoms with Gasteiger partial charge in [-0.1, -0.05) is 19.1 Å². The summed E-state index contributed by atoms with van der Waals surface area (Å²) in [5.74, 6) is 1.53. The number of para-hydroxylation sites is 2. The van der Waals surface area contributed by atoms with E-state index in [1.54, 1.807) is 4.90 Å². The summed E-state index contributed by atoms with van der Waals surface area (Å²) < 4.78 is 2.28. The van der Waals surface area contributed by atoms with Crippen LogP contribution in [0.15, 0.2) is 24.3 Å². The highest BCUT2D eigenvalue weighted by molar-refractivity contribution is 5.80. The molecule has 0 radical (unpaired) electrons. The van der Waals surface area contributed by atoms with Crippen LogP contribution in [0, 0.1) is 0 Å². The lowest BCUT2D eigenvalue weighted by Crippen LogP contribution is -2.19. The Labute approximate surface area is 113 Å². The fourth-order valence-electron chi connectivity index (χ4n) is 2.90. The highest BCUT2D eigenvalue weighted by atomic mass is 16.2. The molecule has 3 rings (SSSR count). The monoisotopic (exact) mass is 257 g/mol. The zero-order chi connectivity index (χ0) is 13.4. The van der Waals surface area contributed by atoms with E-state index in [4.69, 9.17) is 4.98 Å². The van der Waals surface area contributed by atoms with E-state index in [0.29, 0.717) is 6.42 Å². The van der Waals surface area contributed by atoms with Crippen molar-refractivity contribution in [2.45, 2.75) is 32.2 Å². The van der Waals surface area contributed by atoms with Gasteiger partial charge in [0.15, 0.2) is 0 Å². The molecule has 4 heteroatoms. The molecule has 1 fully saturated rings. The Bertz CT molecular complexity index is 617. The third-order valence-corrected chi connectivity index (χ3v) is 3.84. The first kappa shape index (κ1) is 12.2. The van der Waals surface area contributed by atoms with Crippen molar-refractivity contribution < 1.29 is 4.79 Å². The summed E-state index contributed by atoms with van der Waals surface area (Å²) in [5.41, 5.74) is 2.22. The van der Waals surface area contributed by atoms with Crippen LogP contribution in [0.3, 0.4) is 0 Å². The van der Waals surface area contributed by atoms with Gasteiger partial charge in [-0.2, -0.15) is 0 Å². The molecule has 2 heterocycles. The van der Waals surface area contributed by atoms with Crippen molar-refractivity contribution in [1.29, 1.82) is 0 Å². The number of imidazole rings is 1. The average Bonchev–Trinajstić information content (AvgIpc) is 2.92. The number of hydrogen-bond donors (Lipinski definition) is 0. The van der Waals surface area contributed by atoms with Crippen molar-refractivity contribution in [2.24, 2.45) is 0 Å². The number of amides is 1. The number of fused-ring (bicyclic) bond motifs is 1. The molecule has 1 aromatic heterocycles. The van der Waals surface area contributed by atoms with Gasteiger partial charge in [0.25, 0.3) is 0 Å². The summed E-state index contributed by atoms with van der Waals surface area (Å²) >= 11 is 0. The van der Waals surface area contributed by atoms with Crippen LogP contribution in [0.1, 0.15) is 31.5 Å². The van der Waals surface area contributed by atoms with Gasteiger partial charge < -0.3 is 9.47 Å². The Kier molecular flexibility index (Phi) is 3.01. The molecular formula is C15H19N3O. The number of likely N-dealkylation sites (tertiary alicyclic amines) is 1. The van der Waals surface area contributed by atoms with Gasteiger partial charge in [-0.25, -0.2) is 4.98 Å². The van der Waals surface area contributed by atoms with E-state index in [-0.39, 0.29) is 11.8 Å². The summed E-state index contributed by atoms with van der Waals surface area (Å²) in [4.78, 5) is 18.3. The lowest BCUT2D eigenvalue weighted by Gasteiger charge is -2.13. The molecule has 0 N–H and O–H groups in total. The molecule has 19 heavy (non-hydrogen) atoms. The van der Waals surface area contributed by atoms with E-state index in [1.165, 1.54) is 5.52 Å². The van der Waals surface area contributed by atoms with E-state index >= 15 is 0 Å². The quantitative estimate of drug-likeness (QED) is 0.846. The molecule has 0 unspecified atom stereocenters. The van der Waals surface area contributed by atoms with Gasteiger partial charge in [-0.05, 0) is 18.6 Å². The molecule has 1 aromatic carbocycles. The fourth-order valence-corrected chi connectivity index (χ4v) is 2.90. The average molecular weight is 257 g/mol. The van der Waals surface area contributed by atoms with Crippen molar-refractivity contribution >= 4 is 16.9 Å². The molecule has 0 bridgehead atoms. The summed E-state index contributed by atoms with van der Waals surface area (Å²) in [7, 11) is 1.87. The minimum atomic E-state index is 0.222. The topological polar surface area (TPSA) is 38.1 Å². The standard InChI is InChI=1S/C15H19N3O/c1-3-8-18-13-7-5-4-6-12(13)16-15(18)11-9-14(19)17(2)10-11/h4-7,11H,3,8-10H2,1-2H3/t11-/m0/s1. The second-order valence-corrected chi connectivity index (χ2v) is 5.29. The largest absolute Gasteiger partial charge is 0.345 e. The molecule has 100 valence electrons. The molecule has 1 aliphatic heterocycles. The van der Waals surface area contributed by atoms with E-state index in [1.807, 2.05) is 25.2 Å². The Morgan fingerprint density at radius 3 is 2.84 bits per heavy atom. The molecule has 1 amide bonds.